The lowest BCUT2D eigenvalue weighted by atomic mass is 9.65. The first-order valence-corrected chi connectivity index (χ1v) is 11.4. The van der Waals surface area contributed by atoms with Crippen LogP contribution < -0.4 is 0 Å². The first-order chi connectivity index (χ1) is 15.8. The molecule has 15 heteroatoms. The van der Waals surface area contributed by atoms with Gasteiger partial charge in [-0.15, -0.1) is 0 Å². The fourth-order valence-corrected chi connectivity index (χ4v) is 5.07. The molecule has 0 bridgehead atoms. The number of rotatable bonds is 6. The van der Waals surface area contributed by atoms with Gasteiger partial charge in [-0.2, -0.15) is 43.9 Å². The minimum absolute atomic E-state index is 0.300. The van der Waals surface area contributed by atoms with E-state index in [2.05, 4.69) is 0 Å². The molecular weight excluding hydrogens is 622 g/mol. The van der Waals surface area contributed by atoms with Crippen molar-refractivity contribution >= 4 is 28.5 Å². The Morgan fingerprint density at radius 1 is 0.857 bits per heavy atom. The lowest BCUT2D eigenvalue weighted by Crippen LogP contribution is -2.84. The highest BCUT2D eigenvalue weighted by atomic mass is 127. The Morgan fingerprint density at radius 2 is 1.31 bits per heavy atom. The van der Waals surface area contributed by atoms with Gasteiger partial charge in [0.2, 0.25) is 5.67 Å². The third-order valence-electron chi connectivity index (χ3n) is 6.61. The second-order valence-corrected chi connectivity index (χ2v) is 9.51. The molecule has 3 rings (SSSR count). The van der Waals surface area contributed by atoms with E-state index in [1.807, 2.05) is 0 Å². The summed E-state index contributed by atoms with van der Waals surface area (Å²) in [5.41, 5.74) is -7.65. The van der Waals surface area contributed by atoms with Crippen molar-refractivity contribution in [1.29, 1.82) is 0 Å². The van der Waals surface area contributed by atoms with Gasteiger partial charge in [-0.1, -0.05) is 52.9 Å². The molecule has 3 nitrogen and oxygen atoms in total. The Kier molecular flexibility index (Phi) is 6.69. The molecule has 198 valence electrons. The SMILES string of the molecule is C[C@@]1(CI)C(=O)N(OCc2ccccc2)C[C@@H]1CC1(F)C(F)(F)C(F)(F)C(F)(F)C(F)(F)C1(F)F. The van der Waals surface area contributed by atoms with Crippen molar-refractivity contribution in [3.05, 3.63) is 35.9 Å². The van der Waals surface area contributed by atoms with Crippen molar-refractivity contribution in [3.8, 4) is 0 Å². The molecule has 1 saturated carbocycles. The van der Waals surface area contributed by atoms with Crippen LogP contribution in [0.1, 0.15) is 18.9 Å². The quantitative estimate of drug-likeness (QED) is 0.208. The van der Waals surface area contributed by atoms with Gasteiger partial charge in [0.25, 0.3) is 5.91 Å². The van der Waals surface area contributed by atoms with E-state index in [9.17, 15) is 48.7 Å². The van der Waals surface area contributed by atoms with Crippen LogP contribution in [0.25, 0.3) is 0 Å². The summed E-state index contributed by atoms with van der Waals surface area (Å²) in [6.07, 6.45) is -2.45. The maximum atomic E-state index is 15.3. The predicted octanol–water partition coefficient (Wildman–Crippen LogP) is 6.31. The Labute approximate surface area is 205 Å². The average molecular weight is 639 g/mol. The van der Waals surface area contributed by atoms with E-state index in [1.54, 1.807) is 30.3 Å². The molecule has 1 aliphatic heterocycles. The molecular formula is C20H17F11INO2. The molecule has 1 aromatic rings. The highest BCUT2D eigenvalue weighted by Gasteiger charge is 3.01. The van der Waals surface area contributed by atoms with Crippen LogP contribution in [-0.2, 0) is 16.2 Å². The lowest BCUT2D eigenvalue weighted by molar-refractivity contribution is -0.486. The molecule has 1 amide bonds. The van der Waals surface area contributed by atoms with Crippen molar-refractivity contribution < 1.29 is 57.9 Å². The third kappa shape index (κ3) is 3.49. The van der Waals surface area contributed by atoms with Gasteiger partial charge in [-0.25, -0.2) is 9.45 Å². The summed E-state index contributed by atoms with van der Waals surface area (Å²) in [5.74, 6) is -38.5. The third-order valence-corrected chi connectivity index (χ3v) is 8.19. The monoisotopic (exact) mass is 639 g/mol. The summed E-state index contributed by atoms with van der Waals surface area (Å²) in [5, 5.41) is 0.504. The second-order valence-electron chi connectivity index (χ2n) is 8.75. The number of halogens is 12. The molecule has 0 N–H and O–H groups in total. The van der Waals surface area contributed by atoms with Gasteiger partial charge < -0.3 is 0 Å². The second kappa shape index (κ2) is 8.31. The van der Waals surface area contributed by atoms with Crippen molar-refractivity contribution in [2.75, 3.05) is 11.0 Å². The predicted molar refractivity (Wildman–Crippen MR) is 107 cm³/mol. The molecule has 0 unspecified atom stereocenters. The number of hydroxylamine groups is 2. The number of hydrogen-bond donors (Lipinski definition) is 0. The van der Waals surface area contributed by atoms with Crippen molar-refractivity contribution in [3.63, 3.8) is 0 Å². The van der Waals surface area contributed by atoms with Crippen LogP contribution >= 0.6 is 22.6 Å². The minimum Gasteiger partial charge on any atom is -0.272 e. The average Bonchev–Trinajstić information content (AvgIpc) is 3.01. The van der Waals surface area contributed by atoms with Gasteiger partial charge in [0.05, 0.1) is 12.0 Å². The Morgan fingerprint density at radius 3 is 1.77 bits per heavy atom. The van der Waals surface area contributed by atoms with E-state index in [-0.39, 0.29) is 11.0 Å². The first kappa shape index (κ1) is 28.2. The molecule has 1 aromatic carbocycles. The summed E-state index contributed by atoms with van der Waals surface area (Å²) in [4.78, 5) is 18.0. The van der Waals surface area contributed by atoms with E-state index >= 15 is 4.39 Å². The topological polar surface area (TPSA) is 29.5 Å². The van der Waals surface area contributed by atoms with Crippen LogP contribution in [0.5, 0.6) is 0 Å². The maximum Gasteiger partial charge on any atom is 0.384 e. The zero-order valence-electron chi connectivity index (χ0n) is 17.6. The summed E-state index contributed by atoms with van der Waals surface area (Å²) in [6.45, 7) is -0.228. The number of alkyl halides is 12. The Bertz CT molecular complexity index is 945. The zero-order valence-corrected chi connectivity index (χ0v) is 19.7. The summed E-state index contributed by atoms with van der Waals surface area (Å²) >= 11 is 1.51. The van der Waals surface area contributed by atoms with Gasteiger partial charge in [0.15, 0.2) is 0 Å². The van der Waals surface area contributed by atoms with Crippen LogP contribution in [-0.4, -0.2) is 57.2 Å². The van der Waals surface area contributed by atoms with Crippen LogP contribution in [0.4, 0.5) is 48.3 Å². The fraction of sp³-hybridized carbons (Fsp3) is 0.650. The minimum atomic E-state index is -7.27. The van der Waals surface area contributed by atoms with Crippen molar-refractivity contribution in [2.45, 2.75) is 55.2 Å². The smallest absolute Gasteiger partial charge is 0.272 e. The van der Waals surface area contributed by atoms with Gasteiger partial charge in [-0.05, 0) is 24.8 Å². The molecule has 0 aromatic heterocycles. The molecule has 2 atom stereocenters. The number of hydrogen-bond acceptors (Lipinski definition) is 2. The van der Waals surface area contributed by atoms with Gasteiger partial charge in [0.1, 0.15) is 6.61 Å². The maximum absolute atomic E-state index is 15.3. The zero-order chi connectivity index (χ0) is 26.9. The summed E-state index contributed by atoms with van der Waals surface area (Å²) in [7, 11) is 0. The van der Waals surface area contributed by atoms with Crippen LogP contribution in [0, 0.1) is 11.3 Å². The molecule has 0 radical (unpaired) electrons. The Hall–Kier alpha value is -1.39. The highest BCUT2D eigenvalue weighted by Crippen LogP contribution is 2.71. The van der Waals surface area contributed by atoms with E-state index in [0.29, 0.717) is 10.6 Å². The lowest BCUT2D eigenvalue weighted by Gasteiger charge is -2.53. The molecule has 35 heavy (non-hydrogen) atoms. The Balaban J connectivity index is 2.00. The summed E-state index contributed by atoms with van der Waals surface area (Å²) < 4.78 is 155. The van der Waals surface area contributed by atoms with E-state index in [1.165, 1.54) is 22.6 Å². The molecule has 2 aliphatic rings. The number of benzene rings is 1. The first-order valence-electron chi connectivity index (χ1n) is 9.89. The van der Waals surface area contributed by atoms with Crippen LogP contribution in [0.2, 0.25) is 0 Å². The van der Waals surface area contributed by atoms with E-state index < -0.39 is 65.5 Å². The largest absolute Gasteiger partial charge is 0.384 e. The number of amides is 1. The number of carbonyl (C=O) groups is 1. The molecule has 1 aliphatic carbocycles. The molecule has 0 spiro atoms. The van der Waals surface area contributed by atoms with E-state index in [0.717, 1.165) is 6.92 Å². The van der Waals surface area contributed by atoms with E-state index in [4.69, 9.17) is 4.84 Å². The number of nitrogens with zero attached hydrogens (tertiary/aromatic N) is 1. The molecule has 1 heterocycles. The van der Waals surface area contributed by atoms with Crippen molar-refractivity contribution in [1.82, 2.24) is 5.06 Å². The van der Waals surface area contributed by atoms with Crippen LogP contribution in [0.15, 0.2) is 30.3 Å². The standard InChI is InChI=1S/C20H17F11INO2/c1-14(10-32)12(8-33(13(14)34)35-9-11-5-3-2-4-6-11)7-15(21)16(22,23)18(26,27)20(30,31)19(28,29)17(15,24)25/h2-6,12H,7-10H2,1H3/t12-,14-/m0/s1. The fourth-order valence-electron chi connectivity index (χ4n) is 4.12. The van der Waals surface area contributed by atoms with Gasteiger partial charge in [-0.3, -0.25) is 9.63 Å². The van der Waals surface area contributed by atoms with Gasteiger partial charge in [0, 0.05) is 4.43 Å². The van der Waals surface area contributed by atoms with Gasteiger partial charge >= 0.3 is 29.6 Å². The summed E-state index contributed by atoms with van der Waals surface area (Å²) in [6, 6.07) is 7.95. The molecule has 1 saturated heterocycles. The normalized spacial score (nSPS) is 32.0. The van der Waals surface area contributed by atoms with Crippen molar-refractivity contribution in [2.24, 2.45) is 11.3 Å². The highest BCUT2D eigenvalue weighted by molar-refractivity contribution is 14.1. The van der Waals surface area contributed by atoms with Crippen LogP contribution in [0.3, 0.4) is 0 Å². The molecule has 2 fully saturated rings. The number of carbonyl (C=O) groups excluding carboxylic acids is 1.